The van der Waals surface area contributed by atoms with E-state index in [9.17, 15) is 5.11 Å². The van der Waals surface area contributed by atoms with E-state index in [4.69, 9.17) is 0 Å². The molecule has 1 rings (SSSR count). The van der Waals surface area contributed by atoms with Gasteiger partial charge in [0.15, 0.2) is 0 Å². The molecular formula is C16H23I3O. The Labute approximate surface area is 164 Å². The molecule has 0 aliphatic heterocycles. The lowest BCUT2D eigenvalue weighted by molar-refractivity contribution is 0.331. The van der Waals surface area contributed by atoms with Crippen LogP contribution in [0.2, 0.25) is 0 Å². The van der Waals surface area contributed by atoms with Crippen LogP contribution in [-0.4, -0.2) is 18.4 Å². The molecule has 0 spiro atoms. The standard InChI is InChI=1S/C16H23I3O/c17-11-1-8-16(9-2-12-18,10-3-13-19)14-4-6-15(20)7-5-14/h4-7,20H,1-3,8-13H2. The lowest BCUT2D eigenvalue weighted by Crippen LogP contribution is -2.27. The van der Waals surface area contributed by atoms with E-state index in [2.05, 4.69) is 79.9 Å². The lowest BCUT2D eigenvalue weighted by atomic mass is 9.70. The number of rotatable bonds is 10. The maximum Gasteiger partial charge on any atom is 0.115 e. The third-order valence-electron chi connectivity index (χ3n) is 3.85. The van der Waals surface area contributed by atoms with Gasteiger partial charge in [0.2, 0.25) is 0 Å². The average Bonchev–Trinajstić information content (AvgIpc) is 2.48. The van der Waals surface area contributed by atoms with E-state index >= 15 is 0 Å². The zero-order valence-corrected chi connectivity index (χ0v) is 18.2. The van der Waals surface area contributed by atoms with Crippen molar-refractivity contribution >= 4 is 67.8 Å². The first-order valence-corrected chi connectivity index (χ1v) is 11.7. The zero-order chi connectivity index (χ0) is 14.8. The van der Waals surface area contributed by atoms with Crippen LogP contribution < -0.4 is 0 Å². The fourth-order valence-corrected chi connectivity index (χ4v) is 3.98. The van der Waals surface area contributed by atoms with Crippen LogP contribution >= 0.6 is 67.8 Å². The Morgan fingerprint density at radius 2 is 1.15 bits per heavy atom. The minimum absolute atomic E-state index is 0.315. The van der Waals surface area contributed by atoms with Crippen molar-refractivity contribution in [2.45, 2.75) is 43.9 Å². The van der Waals surface area contributed by atoms with Crippen LogP contribution in [0.15, 0.2) is 24.3 Å². The van der Waals surface area contributed by atoms with Gasteiger partial charge in [-0.2, -0.15) is 0 Å². The van der Waals surface area contributed by atoms with Gasteiger partial charge in [-0.05, 0) is 74.9 Å². The van der Waals surface area contributed by atoms with Gasteiger partial charge >= 0.3 is 0 Å². The number of benzene rings is 1. The molecule has 0 radical (unpaired) electrons. The van der Waals surface area contributed by atoms with Crippen molar-refractivity contribution in [1.29, 1.82) is 0 Å². The molecule has 1 aromatic carbocycles. The second-order valence-electron chi connectivity index (χ2n) is 5.20. The predicted octanol–water partition coefficient (Wildman–Crippen LogP) is 6.28. The summed E-state index contributed by atoms with van der Waals surface area (Å²) in [5.41, 5.74) is 1.74. The highest BCUT2D eigenvalue weighted by Gasteiger charge is 2.30. The Hall–Kier alpha value is 1.21. The quantitative estimate of drug-likeness (QED) is 0.244. The smallest absolute Gasteiger partial charge is 0.115 e. The molecule has 1 aromatic rings. The maximum absolute atomic E-state index is 9.55. The Morgan fingerprint density at radius 3 is 1.50 bits per heavy atom. The summed E-state index contributed by atoms with van der Waals surface area (Å²) in [5, 5.41) is 9.55. The minimum atomic E-state index is 0.315. The summed E-state index contributed by atoms with van der Waals surface area (Å²) < 4.78 is 3.68. The molecule has 0 saturated heterocycles. The van der Waals surface area contributed by atoms with Gasteiger partial charge in [-0.1, -0.05) is 79.9 Å². The number of halogens is 3. The maximum atomic E-state index is 9.55. The number of phenolic OH excluding ortho intramolecular Hbond substituents is 1. The molecule has 114 valence electrons. The topological polar surface area (TPSA) is 20.2 Å². The second kappa shape index (κ2) is 10.9. The van der Waals surface area contributed by atoms with Gasteiger partial charge in [-0.3, -0.25) is 0 Å². The monoisotopic (exact) mass is 612 g/mol. The molecule has 0 heterocycles. The normalized spacial score (nSPS) is 11.8. The fourth-order valence-electron chi connectivity index (χ4n) is 2.84. The van der Waals surface area contributed by atoms with Crippen LogP contribution in [0.1, 0.15) is 44.1 Å². The molecule has 0 unspecified atom stereocenters. The summed E-state index contributed by atoms with van der Waals surface area (Å²) in [6.45, 7) is 0. The lowest BCUT2D eigenvalue weighted by Gasteiger charge is -2.35. The highest BCUT2D eigenvalue weighted by atomic mass is 127. The van der Waals surface area contributed by atoms with E-state index in [-0.39, 0.29) is 0 Å². The van der Waals surface area contributed by atoms with Crippen molar-refractivity contribution in [2.75, 3.05) is 13.3 Å². The summed E-state index contributed by atoms with van der Waals surface area (Å²) >= 11 is 7.45. The van der Waals surface area contributed by atoms with Crippen LogP contribution in [0.25, 0.3) is 0 Å². The van der Waals surface area contributed by atoms with Crippen LogP contribution in [0.4, 0.5) is 0 Å². The molecule has 0 atom stereocenters. The first-order valence-electron chi connectivity index (χ1n) is 7.16. The van der Waals surface area contributed by atoms with E-state index in [1.54, 1.807) is 0 Å². The SMILES string of the molecule is Oc1ccc(C(CCCI)(CCCI)CCCI)cc1. The second-order valence-corrected chi connectivity index (χ2v) is 8.44. The summed E-state index contributed by atoms with van der Waals surface area (Å²) in [6.07, 6.45) is 7.66. The average molecular weight is 612 g/mol. The Bertz CT molecular complexity index is 343. The van der Waals surface area contributed by atoms with Gasteiger partial charge in [-0.15, -0.1) is 0 Å². The number of alkyl halides is 3. The van der Waals surface area contributed by atoms with Gasteiger partial charge in [0.25, 0.3) is 0 Å². The van der Waals surface area contributed by atoms with Gasteiger partial charge in [0, 0.05) is 0 Å². The molecule has 0 saturated carbocycles. The summed E-state index contributed by atoms with van der Waals surface area (Å²) in [7, 11) is 0. The largest absolute Gasteiger partial charge is 0.508 e. The van der Waals surface area contributed by atoms with E-state index in [0.29, 0.717) is 11.2 Å². The number of hydrogen-bond donors (Lipinski definition) is 1. The van der Waals surface area contributed by atoms with Gasteiger partial charge in [0.1, 0.15) is 5.75 Å². The van der Waals surface area contributed by atoms with Gasteiger partial charge in [0.05, 0.1) is 0 Å². The van der Waals surface area contributed by atoms with Crippen molar-refractivity contribution in [3.8, 4) is 5.75 Å². The molecule has 1 nitrogen and oxygen atoms in total. The molecule has 4 heteroatoms. The summed E-state index contributed by atoms with van der Waals surface area (Å²) in [4.78, 5) is 0. The van der Waals surface area contributed by atoms with Crippen molar-refractivity contribution in [3.63, 3.8) is 0 Å². The first kappa shape index (κ1) is 19.3. The number of aromatic hydroxyl groups is 1. The van der Waals surface area contributed by atoms with Crippen LogP contribution in [0, 0.1) is 0 Å². The zero-order valence-electron chi connectivity index (χ0n) is 11.8. The van der Waals surface area contributed by atoms with Crippen molar-refractivity contribution in [3.05, 3.63) is 29.8 Å². The van der Waals surface area contributed by atoms with Gasteiger partial charge in [-0.25, -0.2) is 0 Å². The molecule has 20 heavy (non-hydrogen) atoms. The molecule has 0 aliphatic carbocycles. The third-order valence-corrected chi connectivity index (χ3v) is 6.13. The molecule has 0 amide bonds. The van der Waals surface area contributed by atoms with E-state index in [1.807, 2.05) is 12.1 Å². The van der Waals surface area contributed by atoms with Crippen molar-refractivity contribution < 1.29 is 5.11 Å². The van der Waals surface area contributed by atoms with Crippen LogP contribution in [-0.2, 0) is 5.41 Å². The summed E-state index contributed by atoms with van der Waals surface area (Å²) in [6, 6.07) is 7.98. The number of phenols is 1. The van der Waals surface area contributed by atoms with E-state index < -0.39 is 0 Å². The molecule has 0 bridgehead atoms. The molecule has 1 N–H and O–H groups in total. The van der Waals surface area contributed by atoms with E-state index in [1.165, 1.54) is 57.4 Å². The van der Waals surface area contributed by atoms with Gasteiger partial charge < -0.3 is 5.11 Å². The Morgan fingerprint density at radius 1 is 0.750 bits per heavy atom. The Kier molecular flexibility index (Phi) is 10.5. The minimum Gasteiger partial charge on any atom is -0.508 e. The molecule has 0 aliphatic rings. The highest BCUT2D eigenvalue weighted by Crippen LogP contribution is 2.40. The molecule has 0 aromatic heterocycles. The highest BCUT2D eigenvalue weighted by molar-refractivity contribution is 14.1. The van der Waals surface area contributed by atoms with Crippen molar-refractivity contribution in [1.82, 2.24) is 0 Å². The van der Waals surface area contributed by atoms with Crippen LogP contribution in [0.3, 0.4) is 0 Å². The van der Waals surface area contributed by atoms with Crippen molar-refractivity contribution in [2.24, 2.45) is 0 Å². The fraction of sp³-hybridized carbons (Fsp3) is 0.625. The summed E-state index contributed by atoms with van der Waals surface area (Å²) in [5.74, 6) is 0.374. The third kappa shape index (κ3) is 6.14. The number of hydrogen-bond acceptors (Lipinski definition) is 1. The van der Waals surface area contributed by atoms with Crippen LogP contribution in [0.5, 0.6) is 5.75 Å². The van der Waals surface area contributed by atoms with E-state index in [0.717, 1.165) is 0 Å². The molecular weight excluding hydrogens is 589 g/mol. The molecule has 0 fully saturated rings. The Balaban J connectivity index is 3.00. The first-order chi connectivity index (χ1) is 9.68. The predicted molar refractivity (Wildman–Crippen MR) is 114 cm³/mol.